The molecule has 0 amide bonds. The van der Waals surface area contributed by atoms with Crippen molar-refractivity contribution < 1.29 is 67.7 Å². The molecule has 3 saturated heterocycles. The second-order valence-corrected chi connectivity index (χ2v) is 7.11. The van der Waals surface area contributed by atoms with E-state index in [1.165, 1.54) is 0 Å². The first-order valence-electron chi connectivity index (χ1n) is 9.27. The van der Waals surface area contributed by atoms with Crippen LogP contribution in [0.4, 0.5) is 39.5 Å². The molecule has 0 radical (unpaired) electrons. The van der Waals surface area contributed by atoms with Crippen molar-refractivity contribution >= 4 is 7.32 Å². The van der Waals surface area contributed by atoms with Gasteiger partial charge in [-0.2, -0.15) is 26.3 Å². The first kappa shape index (κ1) is 24.8. The van der Waals surface area contributed by atoms with Crippen LogP contribution in [0.1, 0.15) is 19.3 Å². The Balaban J connectivity index is 1.75. The van der Waals surface area contributed by atoms with Gasteiger partial charge in [0.05, 0.1) is 38.1 Å². The fourth-order valence-electron chi connectivity index (χ4n) is 3.20. The Labute approximate surface area is 170 Å². The summed E-state index contributed by atoms with van der Waals surface area (Å²) in [5.41, 5.74) is 0. The van der Waals surface area contributed by atoms with E-state index >= 15 is 0 Å². The van der Waals surface area contributed by atoms with Crippen molar-refractivity contribution in [3.05, 3.63) is 0 Å². The van der Waals surface area contributed by atoms with Crippen LogP contribution in [0, 0.1) is 0 Å². The first-order chi connectivity index (χ1) is 14.3. The summed E-state index contributed by atoms with van der Waals surface area (Å²) < 4.78 is 149. The molecule has 3 aliphatic rings. The van der Waals surface area contributed by atoms with Gasteiger partial charge >= 0.3 is 25.6 Å². The molecule has 3 rings (SSSR count). The van der Waals surface area contributed by atoms with E-state index in [-0.39, 0.29) is 0 Å². The van der Waals surface area contributed by atoms with E-state index in [1.54, 1.807) is 0 Å². The highest BCUT2D eigenvalue weighted by Gasteiger charge is 2.56. The van der Waals surface area contributed by atoms with Gasteiger partial charge in [0, 0.05) is 0 Å². The van der Waals surface area contributed by atoms with Crippen LogP contribution in [0.3, 0.4) is 0 Å². The normalized spacial score (nSPS) is 39.8. The average molecular weight is 476 g/mol. The Kier molecular flexibility index (Phi) is 7.38. The van der Waals surface area contributed by atoms with E-state index in [4.69, 9.17) is 14.0 Å². The molecule has 16 heteroatoms. The lowest BCUT2D eigenvalue weighted by Gasteiger charge is -2.38. The Morgan fingerprint density at radius 1 is 0.548 bits per heavy atom. The molecule has 6 atom stereocenters. The lowest BCUT2D eigenvalue weighted by Crippen LogP contribution is -2.56. The van der Waals surface area contributed by atoms with E-state index in [0.29, 0.717) is 0 Å². The Hall–Kier alpha value is -0.805. The zero-order valence-corrected chi connectivity index (χ0v) is 15.6. The summed E-state index contributed by atoms with van der Waals surface area (Å²) in [6.45, 7) is -2.06. The quantitative estimate of drug-likeness (QED) is 0.434. The van der Waals surface area contributed by atoms with Gasteiger partial charge in [-0.3, -0.25) is 0 Å². The van der Waals surface area contributed by atoms with Crippen molar-refractivity contribution in [3.8, 4) is 0 Å². The van der Waals surface area contributed by atoms with E-state index < -0.39 is 102 Å². The summed E-state index contributed by atoms with van der Waals surface area (Å²) in [5, 5.41) is 0. The molecule has 0 aromatic carbocycles. The standard InChI is InChI=1S/C15H18BF9O6/c17-10-7(1-4-26-13(10,20)21)29-16(30-8-2-5-27-14(22,23)11(8)18)31-9-3-6-28-15(24,25)12(9)19/h7-12H,1-6H2. The number of hydrogen-bond donors (Lipinski definition) is 0. The van der Waals surface area contributed by atoms with Gasteiger partial charge in [-0.25, -0.2) is 13.2 Å². The highest BCUT2D eigenvalue weighted by atomic mass is 19.3. The molecule has 180 valence electrons. The number of hydrogen-bond acceptors (Lipinski definition) is 6. The largest absolute Gasteiger partial charge is 0.640 e. The third kappa shape index (κ3) is 5.58. The highest BCUT2D eigenvalue weighted by Crippen LogP contribution is 2.37. The van der Waals surface area contributed by atoms with Crippen LogP contribution < -0.4 is 0 Å². The Morgan fingerprint density at radius 2 is 0.806 bits per heavy atom. The van der Waals surface area contributed by atoms with Crippen LogP contribution >= 0.6 is 0 Å². The van der Waals surface area contributed by atoms with Crippen molar-refractivity contribution in [3.63, 3.8) is 0 Å². The molecule has 0 N–H and O–H groups in total. The number of ether oxygens (including phenoxy) is 3. The van der Waals surface area contributed by atoms with Crippen molar-refractivity contribution in [2.45, 2.75) is 74.4 Å². The van der Waals surface area contributed by atoms with Crippen molar-refractivity contribution in [2.75, 3.05) is 19.8 Å². The Bertz CT molecular complexity index is 537. The fraction of sp³-hybridized carbons (Fsp3) is 1.00. The lowest BCUT2D eigenvalue weighted by atomic mass is 10.0. The predicted molar refractivity (Wildman–Crippen MR) is 81.6 cm³/mol. The molecule has 6 unspecified atom stereocenters. The minimum Gasteiger partial charge on any atom is -0.380 e. The predicted octanol–water partition coefficient (Wildman–Crippen LogP) is 3.18. The van der Waals surface area contributed by atoms with Crippen molar-refractivity contribution in [1.82, 2.24) is 0 Å². The van der Waals surface area contributed by atoms with Gasteiger partial charge in [0.15, 0.2) is 0 Å². The fourth-order valence-corrected chi connectivity index (χ4v) is 3.20. The maximum absolute atomic E-state index is 14.0. The summed E-state index contributed by atoms with van der Waals surface area (Å²) in [4.78, 5) is 0. The van der Waals surface area contributed by atoms with Gasteiger partial charge in [0.2, 0.25) is 18.5 Å². The molecule has 0 spiro atoms. The smallest absolute Gasteiger partial charge is 0.380 e. The van der Waals surface area contributed by atoms with Gasteiger partial charge in [0.25, 0.3) is 0 Å². The van der Waals surface area contributed by atoms with Crippen LogP contribution in [0.5, 0.6) is 0 Å². The molecule has 6 nitrogen and oxygen atoms in total. The van der Waals surface area contributed by atoms with Crippen LogP contribution in [0.2, 0.25) is 0 Å². The van der Waals surface area contributed by atoms with Gasteiger partial charge in [-0.15, -0.1) is 0 Å². The second-order valence-electron chi connectivity index (χ2n) is 7.11. The molecule has 0 bridgehead atoms. The third-order valence-corrected chi connectivity index (χ3v) is 4.89. The number of rotatable bonds is 6. The zero-order chi connectivity index (χ0) is 23.0. The summed E-state index contributed by atoms with van der Waals surface area (Å²) in [7, 11) is -2.42. The van der Waals surface area contributed by atoms with Gasteiger partial charge in [0.1, 0.15) is 0 Å². The maximum Gasteiger partial charge on any atom is 0.640 e. The molecule has 0 aromatic heterocycles. The highest BCUT2D eigenvalue weighted by molar-refractivity contribution is 6.36. The summed E-state index contributed by atoms with van der Waals surface area (Å²) in [5.74, 6) is 0. The van der Waals surface area contributed by atoms with Crippen LogP contribution in [0.25, 0.3) is 0 Å². The van der Waals surface area contributed by atoms with E-state index in [0.717, 1.165) is 0 Å². The third-order valence-electron chi connectivity index (χ3n) is 4.89. The van der Waals surface area contributed by atoms with E-state index in [9.17, 15) is 39.5 Å². The zero-order valence-electron chi connectivity index (χ0n) is 15.6. The average Bonchev–Trinajstić information content (AvgIpc) is 2.66. The molecule has 3 aliphatic heterocycles. The topological polar surface area (TPSA) is 55.4 Å². The van der Waals surface area contributed by atoms with Crippen LogP contribution in [-0.2, 0) is 28.2 Å². The first-order valence-corrected chi connectivity index (χ1v) is 9.27. The summed E-state index contributed by atoms with van der Waals surface area (Å²) in [6.07, 6.45) is -29.6. The molecule has 0 saturated carbocycles. The summed E-state index contributed by atoms with van der Waals surface area (Å²) >= 11 is 0. The van der Waals surface area contributed by atoms with E-state index in [1.807, 2.05) is 0 Å². The van der Waals surface area contributed by atoms with Crippen LogP contribution in [-0.4, -0.2) is 82.3 Å². The Morgan fingerprint density at radius 3 is 1.06 bits per heavy atom. The number of alkyl halides is 9. The van der Waals surface area contributed by atoms with Crippen molar-refractivity contribution in [2.24, 2.45) is 0 Å². The minimum absolute atomic E-state index is 0.494. The SMILES string of the molecule is FC1C(OB(OC2CCOC(F)(F)C2F)OC2CCOC(F)(F)C2F)CCOC1(F)F. The lowest BCUT2D eigenvalue weighted by molar-refractivity contribution is -0.320. The minimum atomic E-state index is -4.28. The van der Waals surface area contributed by atoms with Gasteiger partial charge in [-0.05, 0) is 19.3 Å². The second kappa shape index (κ2) is 9.21. The number of halogens is 9. The molecular formula is C15H18BF9O6. The van der Waals surface area contributed by atoms with Crippen molar-refractivity contribution in [1.29, 1.82) is 0 Å². The molecule has 0 aliphatic carbocycles. The molecular weight excluding hydrogens is 458 g/mol. The van der Waals surface area contributed by atoms with Crippen LogP contribution in [0.15, 0.2) is 0 Å². The molecule has 31 heavy (non-hydrogen) atoms. The summed E-state index contributed by atoms with van der Waals surface area (Å²) in [6, 6.07) is 0. The maximum atomic E-state index is 14.0. The monoisotopic (exact) mass is 476 g/mol. The van der Waals surface area contributed by atoms with Gasteiger partial charge in [-0.1, -0.05) is 0 Å². The van der Waals surface area contributed by atoms with Gasteiger partial charge < -0.3 is 28.2 Å². The molecule has 3 fully saturated rings. The molecule has 0 aromatic rings. The van der Waals surface area contributed by atoms with E-state index in [2.05, 4.69) is 14.2 Å². The molecule has 3 heterocycles.